The van der Waals surface area contributed by atoms with Crippen LogP contribution in [0, 0.1) is 5.82 Å². The SMILES string of the molecule is COc1ccccc1-c1cc(C2=CCCN(C(=O)CCN3C=CNN3)C2)c(F)c2[nH]c(C(=O)N3CCN(c4ncccc4OC(C)C)CC3)cc12. The molecule has 13 heteroatoms. The van der Waals surface area contributed by atoms with Crippen LogP contribution < -0.4 is 25.3 Å². The zero-order valence-electron chi connectivity index (χ0n) is 29.1. The molecule has 2 amide bonds. The first-order valence-electron chi connectivity index (χ1n) is 17.4. The van der Waals surface area contributed by atoms with Gasteiger partial charge >= 0.3 is 0 Å². The largest absolute Gasteiger partial charge is 0.496 e. The van der Waals surface area contributed by atoms with Crippen LogP contribution in [0.25, 0.3) is 27.6 Å². The van der Waals surface area contributed by atoms with Crippen LogP contribution in [0.4, 0.5) is 10.2 Å². The predicted molar refractivity (Wildman–Crippen MR) is 194 cm³/mol. The second-order valence-electron chi connectivity index (χ2n) is 13.1. The number of fused-ring (bicyclic) bond motifs is 1. The Kier molecular flexibility index (Phi) is 9.80. The number of nitrogens with zero attached hydrogens (tertiary/aromatic N) is 5. The van der Waals surface area contributed by atoms with Crippen molar-refractivity contribution >= 4 is 34.1 Å². The molecule has 0 radical (unpaired) electrons. The van der Waals surface area contributed by atoms with Crippen molar-refractivity contribution in [2.24, 2.45) is 0 Å². The molecular weight excluding hydrogens is 651 g/mol. The van der Waals surface area contributed by atoms with Gasteiger partial charge in [0.25, 0.3) is 5.91 Å². The van der Waals surface area contributed by atoms with Crippen LogP contribution in [0.3, 0.4) is 0 Å². The van der Waals surface area contributed by atoms with Gasteiger partial charge in [-0.1, -0.05) is 24.3 Å². The first-order chi connectivity index (χ1) is 24.8. The number of pyridine rings is 1. The third-order valence-electron chi connectivity index (χ3n) is 9.42. The predicted octanol–water partition coefficient (Wildman–Crippen LogP) is 4.93. The average molecular weight is 695 g/mol. The highest BCUT2D eigenvalue weighted by Crippen LogP contribution is 2.40. The summed E-state index contributed by atoms with van der Waals surface area (Å²) in [6.45, 7) is 7.40. The molecule has 0 bridgehead atoms. The van der Waals surface area contributed by atoms with E-state index in [-0.39, 0.29) is 30.0 Å². The van der Waals surface area contributed by atoms with Gasteiger partial charge in [-0.25, -0.2) is 9.37 Å². The number of aromatic amines is 1. The Morgan fingerprint density at radius 3 is 2.53 bits per heavy atom. The molecule has 1 fully saturated rings. The summed E-state index contributed by atoms with van der Waals surface area (Å²) in [5.74, 6) is 1.43. The third kappa shape index (κ3) is 7.07. The second-order valence-corrected chi connectivity index (χ2v) is 13.1. The Morgan fingerprint density at radius 1 is 0.961 bits per heavy atom. The Bertz CT molecular complexity index is 1980. The number of hydrogen-bond acceptors (Lipinski definition) is 9. The fourth-order valence-corrected chi connectivity index (χ4v) is 6.90. The van der Waals surface area contributed by atoms with Crippen LogP contribution in [0.2, 0.25) is 0 Å². The van der Waals surface area contributed by atoms with Crippen LogP contribution in [-0.4, -0.2) is 95.6 Å². The van der Waals surface area contributed by atoms with Crippen molar-refractivity contribution in [1.29, 1.82) is 0 Å². The summed E-state index contributed by atoms with van der Waals surface area (Å²) < 4.78 is 28.4. The molecule has 3 N–H and O–H groups in total. The fraction of sp³-hybridized carbons (Fsp3) is 0.342. The molecule has 51 heavy (non-hydrogen) atoms. The van der Waals surface area contributed by atoms with Crippen molar-refractivity contribution in [3.63, 3.8) is 0 Å². The highest BCUT2D eigenvalue weighted by atomic mass is 19.1. The molecule has 0 saturated carbocycles. The molecule has 3 aliphatic rings. The summed E-state index contributed by atoms with van der Waals surface area (Å²) in [7, 11) is 1.60. The first kappa shape index (κ1) is 33.9. The van der Waals surface area contributed by atoms with Crippen molar-refractivity contribution in [1.82, 2.24) is 35.7 Å². The number of anilines is 1. The molecular formula is C38H43FN8O4. The number of methoxy groups -OCH3 is 1. The van der Waals surface area contributed by atoms with E-state index in [0.29, 0.717) is 80.3 Å². The van der Waals surface area contributed by atoms with Gasteiger partial charge in [-0.05, 0) is 61.7 Å². The fourth-order valence-electron chi connectivity index (χ4n) is 6.90. The molecule has 2 aromatic carbocycles. The molecule has 0 atom stereocenters. The number of ether oxygens (including phenoxy) is 2. The van der Waals surface area contributed by atoms with Gasteiger partial charge in [0.15, 0.2) is 17.4 Å². The summed E-state index contributed by atoms with van der Waals surface area (Å²) >= 11 is 0. The van der Waals surface area contributed by atoms with E-state index in [1.807, 2.05) is 68.6 Å². The number of hydrazine groups is 2. The third-order valence-corrected chi connectivity index (χ3v) is 9.42. The van der Waals surface area contributed by atoms with Crippen molar-refractivity contribution in [3.05, 3.63) is 90.3 Å². The van der Waals surface area contributed by atoms with Gasteiger partial charge in [-0.2, -0.15) is 0 Å². The standard InChI is InChI=1S/C38H43FN8O4/c1-25(2)51-33-11-6-13-40-37(33)44-18-20-45(21-19-44)38(49)31-23-30-29(27-9-4-5-10-32(27)50-3)22-28(35(39)36(30)42-31)26-8-7-15-46(24-26)34(48)12-16-47-17-14-41-43-47/h4-6,8-11,13-14,17,22-23,25,41-43H,7,12,15-16,18-21,24H2,1-3H3. The maximum atomic E-state index is 16.7. The van der Waals surface area contributed by atoms with E-state index in [4.69, 9.17) is 9.47 Å². The molecule has 12 nitrogen and oxygen atoms in total. The van der Waals surface area contributed by atoms with Gasteiger partial charge in [0.05, 0.1) is 18.7 Å². The zero-order valence-corrected chi connectivity index (χ0v) is 29.1. The lowest BCUT2D eigenvalue weighted by Gasteiger charge is -2.35. The average Bonchev–Trinajstić information content (AvgIpc) is 3.85. The molecule has 0 aliphatic carbocycles. The minimum absolute atomic E-state index is 0.00582. The van der Waals surface area contributed by atoms with Crippen molar-refractivity contribution in [2.45, 2.75) is 32.8 Å². The van der Waals surface area contributed by atoms with E-state index >= 15 is 4.39 Å². The number of rotatable bonds is 10. The smallest absolute Gasteiger partial charge is 0.270 e. The molecule has 1 saturated heterocycles. The monoisotopic (exact) mass is 694 g/mol. The van der Waals surface area contributed by atoms with Gasteiger partial charge in [-0.15, -0.1) is 5.53 Å². The summed E-state index contributed by atoms with van der Waals surface area (Å²) in [6.07, 6.45) is 8.26. The van der Waals surface area contributed by atoms with Crippen LogP contribution in [0.15, 0.2) is 73.2 Å². The molecule has 7 rings (SSSR count). The quantitative estimate of drug-likeness (QED) is 0.213. The molecule has 4 aromatic rings. The molecule has 3 aliphatic heterocycles. The van der Waals surface area contributed by atoms with Crippen molar-refractivity contribution < 1.29 is 23.5 Å². The number of halogens is 1. The number of para-hydroxylation sites is 1. The van der Waals surface area contributed by atoms with Crippen LogP contribution in [-0.2, 0) is 4.79 Å². The molecule has 2 aromatic heterocycles. The van der Waals surface area contributed by atoms with Crippen molar-refractivity contribution in [3.8, 4) is 22.6 Å². The number of benzene rings is 2. The Balaban J connectivity index is 1.17. The number of H-pyrrole nitrogens is 1. The number of nitrogens with one attached hydrogen (secondary N) is 3. The highest BCUT2D eigenvalue weighted by molar-refractivity contribution is 6.05. The lowest BCUT2D eigenvalue weighted by Crippen LogP contribution is -2.49. The topological polar surface area (TPSA) is 118 Å². The summed E-state index contributed by atoms with van der Waals surface area (Å²) in [4.78, 5) is 40.6. The molecule has 266 valence electrons. The van der Waals surface area contributed by atoms with Gasteiger partial charge in [0, 0.05) is 87.3 Å². The number of hydrogen-bond donors (Lipinski definition) is 3. The number of amides is 2. The van der Waals surface area contributed by atoms with Crippen molar-refractivity contribution in [2.75, 3.05) is 57.8 Å². The highest BCUT2D eigenvalue weighted by Gasteiger charge is 2.29. The van der Waals surface area contributed by atoms with Gasteiger partial charge in [0.1, 0.15) is 11.4 Å². The molecule has 0 unspecified atom stereocenters. The number of aromatic nitrogens is 2. The molecule has 5 heterocycles. The van der Waals surface area contributed by atoms with E-state index in [2.05, 4.69) is 25.8 Å². The van der Waals surface area contributed by atoms with E-state index in [1.54, 1.807) is 40.4 Å². The van der Waals surface area contributed by atoms with Gasteiger partial charge in [0.2, 0.25) is 5.91 Å². The maximum absolute atomic E-state index is 16.7. The molecule has 0 spiro atoms. The van der Waals surface area contributed by atoms with Crippen LogP contribution in [0.5, 0.6) is 11.5 Å². The van der Waals surface area contributed by atoms with Gasteiger partial charge < -0.3 is 34.6 Å². The minimum atomic E-state index is -0.460. The Labute approximate surface area is 296 Å². The zero-order chi connectivity index (χ0) is 35.5. The first-order valence-corrected chi connectivity index (χ1v) is 17.4. The van der Waals surface area contributed by atoms with Crippen LogP contribution in [0.1, 0.15) is 42.7 Å². The lowest BCUT2D eigenvalue weighted by atomic mass is 9.93. The summed E-state index contributed by atoms with van der Waals surface area (Å²) in [6, 6.07) is 14.9. The second kappa shape index (κ2) is 14.7. The van der Waals surface area contributed by atoms with E-state index in [0.717, 1.165) is 22.5 Å². The number of piperazine rings is 1. The minimum Gasteiger partial charge on any atom is -0.496 e. The van der Waals surface area contributed by atoms with Gasteiger partial charge in [-0.3, -0.25) is 14.6 Å². The van der Waals surface area contributed by atoms with E-state index < -0.39 is 5.82 Å². The van der Waals surface area contributed by atoms with E-state index in [9.17, 15) is 9.59 Å². The maximum Gasteiger partial charge on any atom is 0.270 e. The summed E-state index contributed by atoms with van der Waals surface area (Å²) in [5.41, 5.74) is 8.97. The number of carbonyl (C=O) groups excluding carboxylic acids is 2. The summed E-state index contributed by atoms with van der Waals surface area (Å²) in [5, 5.41) is 2.38. The Morgan fingerprint density at radius 2 is 1.76 bits per heavy atom. The lowest BCUT2D eigenvalue weighted by molar-refractivity contribution is -0.131. The van der Waals surface area contributed by atoms with E-state index in [1.165, 1.54) is 0 Å². The number of carbonyl (C=O) groups is 2. The van der Waals surface area contributed by atoms with Crippen LogP contribution >= 0.6 is 0 Å². The Hall–Kier alpha value is -5.56. The normalized spacial score (nSPS) is 16.1.